The largest absolute Gasteiger partial charge is 0.396 e. The van der Waals surface area contributed by atoms with E-state index in [2.05, 4.69) is 53.7 Å². The molecule has 3 N–H and O–H groups in total. The monoisotopic (exact) mass is 535 g/mol. The molecule has 26 heavy (non-hydrogen) atoms. The predicted octanol–water partition coefficient (Wildman–Crippen LogP) is 5.13. The standard InChI is InChI=1S/C10H13.3C4H10O.Hf/c1-10(2,3)9-7-5-4-6-8-9;3*1-2-3-4-5;/h4-8H,1H2,2-3H3;3*5H,2-4H2,1H3;/q-1;;;;. The minimum Gasteiger partial charge on any atom is -0.396 e. The van der Waals surface area contributed by atoms with Crippen molar-refractivity contribution < 1.29 is 41.2 Å². The van der Waals surface area contributed by atoms with E-state index in [1.54, 1.807) is 0 Å². The Balaban J connectivity index is -0.000000132. The number of unbranched alkanes of at least 4 members (excludes halogenated alkanes) is 3. The predicted molar refractivity (Wildman–Crippen MR) is 111 cm³/mol. The Hall–Kier alpha value is -0.0299. The summed E-state index contributed by atoms with van der Waals surface area (Å²) in [5.74, 6) is 0. The normalized spacial score (nSPS) is 9.27. The smallest absolute Gasteiger partial charge is 0.0430 e. The second kappa shape index (κ2) is 27.2. The Morgan fingerprint density at radius 2 is 1.04 bits per heavy atom. The van der Waals surface area contributed by atoms with E-state index in [1.807, 2.05) is 18.2 Å². The second-order valence-corrected chi connectivity index (χ2v) is 6.48. The van der Waals surface area contributed by atoms with Crippen LogP contribution in [0.2, 0.25) is 0 Å². The Labute approximate surface area is 182 Å². The van der Waals surface area contributed by atoms with E-state index in [0.717, 1.165) is 38.5 Å². The molecule has 0 saturated heterocycles. The van der Waals surface area contributed by atoms with Crippen LogP contribution in [0, 0.1) is 6.92 Å². The van der Waals surface area contributed by atoms with E-state index < -0.39 is 0 Å². The molecule has 4 heteroatoms. The molecule has 0 amide bonds. The van der Waals surface area contributed by atoms with Gasteiger partial charge in [-0.3, -0.25) is 0 Å². The number of rotatable bonds is 7. The Kier molecular flexibility index (Phi) is 35.1. The van der Waals surface area contributed by atoms with Crippen LogP contribution < -0.4 is 0 Å². The summed E-state index contributed by atoms with van der Waals surface area (Å²) in [5.41, 5.74) is 1.33. The Morgan fingerprint density at radius 1 is 0.731 bits per heavy atom. The molecule has 0 aliphatic carbocycles. The zero-order valence-corrected chi connectivity index (χ0v) is 21.4. The first-order chi connectivity index (χ1) is 11.8. The third-order valence-electron chi connectivity index (χ3n) is 3.09. The molecule has 0 atom stereocenters. The van der Waals surface area contributed by atoms with Crippen molar-refractivity contribution in [3.05, 3.63) is 42.8 Å². The van der Waals surface area contributed by atoms with Crippen LogP contribution in [0.1, 0.15) is 78.7 Å². The molecule has 0 saturated carbocycles. The first kappa shape index (κ1) is 33.5. The number of hydrogen-bond acceptors (Lipinski definition) is 3. The van der Waals surface area contributed by atoms with Crippen molar-refractivity contribution in [1.82, 2.24) is 0 Å². The Bertz CT molecular complexity index is 304. The molecule has 154 valence electrons. The maximum absolute atomic E-state index is 8.07. The number of aliphatic hydroxyl groups excluding tert-OH is 3. The van der Waals surface area contributed by atoms with Gasteiger partial charge in [0.2, 0.25) is 0 Å². The zero-order chi connectivity index (χ0) is 20.0. The van der Waals surface area contributed by atoms with E-state index in [1.165, 1.54) is 5.56 Å². The summed E-state index contributed by atoms with van der Waals surface area (Å²) < 4.78 is 0. The van der Waals surface area contributed by atoms with Gasteiger partial charge in [0.1, 0.15) is 0 Å². The molecule has 0 unspecified atom stereocenters. The summed E-state index contributed by atoms with van der Waals surface area (Å²) in [6.45, 7) is 15.5. The van der Waals surface area contributed by atoms with Crippen LogP contribution in [-0.2, 0) is 31.3 Å². The van der Waals surface area contributed by atoms with Gasteiger partial charge >= 0.3 is 0 Å². The molecule has 1 aromatic carbocycles. The molecule has 0 aliphatic rings. The first-order valence-corrected chi connectivity index (χ1v) is 9.58. The third kappa shape index (κ3) is 31.7. The van der Waals surface area contributed by atoms with Gasteiger partial charge in [0, 0.05) is 45.7 Å². The third-order valence-corrected chi connectivity index (χ3v) is 3.09. The van der Waals surface area contributed by atoms with Gasteiger partial charge in [-0.15, -0.1) is 5.41 Å². The summed E-state index contributed by atoms with van der Waals surface area (Å²) in [7, 11) is 0. The van der Waals surface area contributed by atoms with Crippen molar-refractivity contribution in [1.29, 1.82) is 0 Å². The van der Waals surface area contributed by atoms with E-state index in [4.69, 9.17) is 15.3 Å². The molecule has 0 heterocycles. The van der Waals surface area contributed by atoms with E-state index in [-0.39, 0.29) is 31.3 Å². The topological polar surface area (TPSA) is 60.7 Å². The van der Waals surface area contributed by atoms with Gasteiger partial charge in [-0.05, 0) is 19.3 Å². The number of hydrogen-bond donors (Lipinski definition) is 3. The van der Waals surface area contributed by atoms with Crippen molar-refractivity contribution in [2.24, 2.45) is 0 Å². The van der Waals surface area contributed by atoms with E-state index in [9.17, 15) is 0 Å². The summed E-state index contributed by atoms with van der Waals surface area (Å²) in [6.07, 6.45) is 6.11. The summed E-state index contributed by atoms with van der Waals surface area (Å²) in [6, 6.07) is 10.3. The van der Waals surface area contributed by atoms with Crippen LogP contribution in [0.15, 0.2) is 30.3 Å². The van der Waals surface area contributed by atoms with Gasteiger partial charge < -0.3 is 22.2 Å². The van der Waals surface area contributed by atoms with Crippen LogP contribution in [0.3, 0.4) is 0 Å². The van der Waals surface area contributed by atoms with Gasteiger partial charge in [0.25, 0.3) is 0 Å². The van der Waals surface area contributed by atoms with E-state index >= 15 is 0 Å². The summed E-state index contributed by atoms with van der Waals surface area (Å²) in [5, 5.41) is 24.2. The fourth-order valence-electron chi connectivity index (χ4n) is 1.36. The van der Waals surface area contributed by atoms with Crippen molar-refractivity contribution in [2.45, 2.75) is 78.6 Å². The van der Waals surface area contributed by atoms with Crippen molar-refractivity contribution in [3.8, 4) is 0 Å². The van der Waals surface area contributed by atoms with Gasteiger partial charge in [-0.1, -0.05) is 89.8 Å². The van der Waals surface area contributed by atoms with Crippen LogP contribution >= 0.6 is 0 Å². The van der Waals surface area contributed by atoms with Crippen molar-refractivity contribution in [3.63, 3.8) is 0 Å². The van der Waals surface area contributed by atoms with E-state index in [0.29, 0.717) is 19.8 Å². The molecule has 1 aromatic rings. The second-order valence-electron chi connectivity index (χ2n) is 6.48. The minimum atomic E-state index is 0. The quantitative estimate of drug-likeness (QED) is 0.336. The molecule has 0 spiro atoms. The average Bonchev–Trinajstić information content (AvgIpc) is 2.59. The molecule has 0 radical (unpaired) electrons. The molecule has 0 aromatic heterocycles. The summed E-state index contributed by atoms with van der Waals surface area (Å²) in [4.78, 5) is 0. The van der Waals surface area contributed by atoms with Gasteiger partial charge in [-0.2, -0.15) is 0 Å². The maximum Gasteiger partial charge on any atom is 0.0430 e. The average molecular weight is 534 g/mol. The fraction of sp³-hybridized carbons (Fsp3) is 0.682. The first-order valence-electron chi connectivity index (χ1n) is 9.58. The molecular weight excluding hydrogens is 491 g/mol. The van der Waals surface area contributed by atoms with Crippen LogP contribution in [0.4, 0.5) is 0 Å². The SMILES string of the molecule is CCCCO.CCCCO.CCCCO.[CH2-]C(C)(C)c1ccccc1.[Hf]. The zero-order valence-electron chi connectivity index (χ0n) is 17.8. The fourth-order valence-corrected chi connectivity index (χ4v) is 1.36. The van der Waals surface area contributed by atoms with Crippen molar-refractivity contribution >= 4 is 0 Å². The van der Waals surface area contributed by atoms with Crippen molar-refractivity contribution in [2.75, 3.05) is 19.8 Å². The maximum atomic E-state index is 8.07. The Morgan fingerprint density at radius 3 is 1.15 bits per heavy atom. The van der Waals surface area contributed by atoms with Gasteiger partial charge in [0.15, 0.2) is 0 Å². The molecule has 3 nitrogen and oxygen atoms in total. The van der Waals surface area contributed by atoms with Crippen LogP contribution in [0.5, 0.6) is 0 Å². The summed E-state index contributed by atoms with van der Waals surface area (Å²) >= 11 is 0. The van der Waals surface area contributed by atoms with Gasteiger partial charge in [0.05, 0.1) is 0 Å². The van der Waals surface area contributed by atoms with Gasteiger partial charge in [-0.25, -0.2) is 0 Å². The molecule has 0 aliphatic heterocycles. The molecular formula is C22H43HfO3-. The number of aliphatic hydroxyl groups is 3. The van der Waals surface area contributed by atoms with Crippen LogP contribution in [-0.4, -0.2) is 35.1 Å². The van der Waals surface area contributed by atoms with Crippen LogP contribution in [0.25, 0.3) is 0 Å². The number of benzene rings is 1. The molecule has 1 rings (SSSR count). The molecule has 0 fully saturated rings. The minimum absolute atomic E-state index is 0. The molecule has 0 bridgehead atoms.